The van der Waals surface area contributed by atoms with Gasteiger partial charge in [0.05, 0.1) is 50.9 Å². The molecule has 1 aromatic carbocycles. The van der Waals surface area contributed by atoms with E-state index in [2.05, 4.69) is 20.3 Å². The molecule has 3 aromatic rings. The van der Waals surface area contributed by atoms with Gasteiger partial charge < -0.3 is 19.5 Å². The van der Waals surface area contributed by atoms with Crippen LogP contribution in [0.5, 0.6) is 11.5 Å². The molecule has 0 bridgehead atoms. The average molecular weight is 452 g/mol. The van der Waals surface area contributed by atoms with Gasteiger partial charge in [-0.25, -0.2) is 9.67 Å². The van der Waals surface area contributed by atoms with Crippen LogP contribution >= 0.6 is 0 Å². The third-order valence-electron chi connectivity index (χ3n) is 5.86. The van der Waals surface area contributed by atoms with Crippen LogP contribution in [0.1, 0.15) is 27.7 Å². The van der Waals surface area contributed by atoms with E-state index in [1.807, 2.05) is 43.3 Å². The lowest BCUT2D eigenvalue weighted by Crippen LogP contribution is -2.43. The van der Waals surface area contributed by atoms with Crippen LogP contribution in [0.2, 0.25) is 0 Å². The average Bonchev–Trinajstić information content (AvgIpc) is 3.26. The number of carbonyl (C=O) groups excluding carboxylic acids is 1. The van der Waals surface area contributed by atoms with Gasteiger partial charge in [-0.05, 0) is 36.8 Å². The number of pyridine rings is 1. The Labute approximate surface area is 193 Å². The van der Waals surface area contributed by atoms with Crippen molar-refractivity contribution in [1.29, 1.82) is 0 Å². The van der Waals surface area contributed by atoms with Gasteiger partial charge in [-0.15, -0.1) is 0 Å². The van der Waals surface area contributed by atoms with Gasteiger partial charge in [0, 0.05) is 25.8 Å². The number of methoxy groups -OCH3 is 2. The van der Waals surface area contributed by atoms with E-state index in [1.165, 1.54) is 0 Å². The van der Waals surface area contributed by atoms with Crippen molar-refractivity contribution in [3.05, 3.63) is 65.6 Å². The third kappa shape index (κ3) is 4.99. The summed E-state index contributed by atoms with van der Waals surface area (Å²) in [5.41, 5.74) is 2.30. The second-order valence-corrected chi connectivity index (χ2v) is 7.73. The molecule has 9 nitrogen and oxygen atoms in total. The van der Waals surface area contributed by atoms with E-state index in [0.717, 1.165) is 24.3 Å². The number of nitrogens with one attached hydrogen (secondary N) is 1. The monoisotopic (exact) mass is 451 g/mol. The first-order chi connectivity index (χ1) is 16.1. The Kier molecular flexibility index (Phi) is 7.21. The number of ether oxygens (including phenoxy) is 3. The molecule has 1 aliphatic heterocycles. The molecule has 0 spiro atoms. The summed E-state index contributed by atoms with van der Waals surface area (Å²) in [6.07, 6.45) is 3.28. The number of rotatable bonds is 8. The highest BCUT2D eigenvalue weighted by atomic mass is 16.5. The van der Waals surface area contributed by atoms with Crippen LogP contribution in [-0.2, 0) is 4.74 Å². The Bertz CT molecular complexity index is 1080. The Morgan fingerprint density at radius 2 is 1.94 bits per heavy atom. The van der Waals surface area contributed by atoms with Gasteiger partial charge in [0.2, 0.25) is 0 Å². The Hall–Kier alpha value is -3.43. The summed E-state index contributed by atoms with van der Waals surface area (Å²) in [5.74, 6) is 1.83. The van der Waals surface area contributed by atoms with Gasteiger partial charge in [-0.2, -0.15) is 5.10 Å². The van der Waals surface area contributed by atoms with Gasteiger partial charge in [-0.1, -0.05) is 12.1 Å². The lowest BCUT2D eigenvalue weighted by molar-refractivity contribution is 0.0162. The maximum absolute atomic E-state index is 13.1. The standard InChI is InChI=1S/C24H29N5O4/c1-17-19(15-27-29(17)23-6-4-5-9-25-23)24(30)26-16-20(28-10-12-33-13-11-28)18-7-8-21(31-2)22(14-18)32-3/h4-9,14-15,20H,10-13,16H2,1-3H3,(H,26,30). The summed E-state index contributed by atoms with van der Waals surface area (Å²) in [4.78, 5) is 19.7. The fourth-order valence-corrected chi connectivity index (χ4v) is 4.03. The van der Waals surface area contributed by atoms with Crippen molar-refractivity contribution in [1.82, 2.24) is 25.0 Å². The van der Waals surface area contributed by atoms with Crippen LogP contribution in [0.4, 0.5) is 0 Å². The van der Waals surface area contributed by atoms with Gasteiger partial charge in [0.15, 0.2) is 17.3 Å². The molecule has 0 aliphatic carbocycles. The van der Waals surface area contributed by atoms with Crippen LogP contribution < -0.4 is 14.8 Å². The lowest BCUT2D eigenvalue weighted by Gasteiger charge is -2.35. The molecule has 9 heteroatoms. The number of benzene rings is 1. The number of hydrogen-bond donors (Lipinski definition) is 1. The molecule has 1 amide bonds. The fourth-order valence-electron chi connectivity index (χ4n) is 4.03. The fraction of sp³-hybridized carbons (Fsp3) is 0.375. The minimum Gasteiger partial charge on any atom is -0.493 e. The van der Waals surface area contributed by atoms with Crippen LogP contribution in [0, 0.1) is 6.92 Å². The molecule has 0 radical (unpaired) electrons. The van der Waals surface area contributed by atoms with E-state index in [1.54, 1.807) is 31.3 Å². The highest BCUT2D eigenvalue weighted by Gasteiger charge is 2.25. The molecule has 174 valence electrons. The highest BCUT2D eigenvalue weighted by molar-refractivity contribution is 5.95. The largest absolute Gasteiger partial charge is 0.493 e. The minimum absolute atomic E-state index is 0.0382. The van der Waals surface area contributed by atoms with Crippen molar-refractivity contribution < 1.29 is 19.0 Å². The third-order valence-corrected chi connectivity index (χ3v) is 5.86. The predicted octanol–water partition coefficient (Wildman–Crippen LogP) is 2.40. The summed E-state index contributed by atoms with van der Waals surface area (Å²) >= 11 is 0. The quantitative estimate of drug-likeness (QED) is 0.562. The van der Waals surface area contributed by atoms with Crippen molar-refractivity contribution in [3.8, 4) is 17.3 Å². The van der Waals surface area contributed by atoms with E-state index in [9.17, 15) is 4.79 Å². The summed E-state index contributed by atoms with van der Waals surface area (Å²) < 4.78 is 18.1. The van der Waals surface area contributed by atoms with Gasteiger partial charge >= 0.3 is 0 Å². The number of hydrogen-bond acceptors (Lipinski definition) is 7. The van der Waals surface area contributed by atoms with Gasteiger partial charge in [0.1, 0.15) is 0 Å². The van der Waals surface area contributed by atoms with Crippen molar-refractivity contribution in [2.24, 2.45) is 0 Å². The van der Waals surface area contributed by atoms with Gasteiger partial charge in [-0.3, -0.25) is 9.69 Å². The normalized spacial score (nSPS) is 15.1. The summed E-state index contributed by atoms with van der Waals surface area (Å²) in [5, 5.41) is 7.46. The summed E-state index contributed by atoms with van der Waals surface area (Å²) in [6, 6.07) is 11.4. The van der Waals surface area contributed by atoms with Crippen LogP contribution in [0.3, 0.4) is 0 Å². The van der Waals surface area contributed by atoms with Crippen LogP contribution in [0.15, 0.2) is 48.8 Å². The topological polar surface area (TPSA) is 90.7 Å². The Balaban J connectivity index is 1.54. The van der Waals surface area contributed by atoms with Crippen molar-refractivity contribution in [2.45, 2.75) is 13.0 Å². The van der Waals surface area contributed by atoms with E-state index < -0.39 is 0 Å². The van der Waals surface area contributed by atoms with Crippen molar-refractivity contribution in [2.75, 3.05) is 47.1 Å². The zero-order chi connectivity index (χ0) is 23.2. The molecule has 1 N–H and O–H groups in total. The zero-order valence-electron chi connectivity index (χ0n) is 19.2. The second kappa shape index (κ2) is 10.5. The molecule has 1 unspecified atom stereocenters. The van der Waals surface area contributed by atoms with E-state index in [0.29, 0.717) is 42.6 Å². The second-order valence-electron chi connectivity index (χ2n) is 7.73. The minimum atomic E-state index is -0.173. The van der Waals surface area contributed by atoms with Crippen LogP contribution in [-0.4, -0.2) is 72.6 Å². The van der Waals surface area contributed by atoms with Gasteiger partial charge in [0.25, 0.3) is 5.91 Å². The maximum Gasteiger partial charge on any atom is 0.254 e. The number of morpholine rings is 1. The molecule has 1 atom stereocenters. The lowest BCUT2D eigenvalue weighted by atomic mass is 10.0. The molecule has 33 heavy (non-hydrogen) atoms. The van der Waals surface area contributed by atoms with Crippen molar-refractivity contribution in [3.63, 3.8) is 0 Å². The first kappa shape index (κ1) is 22.8. The molecular weight excluding hydrogens is 422 g/mol. The maximum atomic E-state index is 13.1. The predicted molar refractivity (Wildman–Crippen MR) is 123 cm³/mol. The smallest absolute Gasteiger partial charge is 0.254 e. The first-order valence-corrected chi connectivity index (χ1v) is 10.9. The number of carbonyl (C=O) groups is 1. The van der Waals surface area contributed by atoms with E-state index in [-0.39, 0.29) is 11.9 Å². The number of amides is 1. The number of nitrogens with zero attached hydrogens (tertiary/aromatic N) is 4. The number of aromatic nitrogens is 3. The molecule has 3 heterocycles. The summed E-state index contributed by atoms with van der Waals surface area (Å²) in [6.45, 7) is 5.19. The van der Waals surface area contributed by atoms with E-state index in [4.69, 9.17) is 14.2 Å². The molecule has 1 aliphatic rings. The zero-order valence-corrected chi connectivity index (χ0v) is 19.2. The molecule has 1 fully saturated rings. The Morgan fingerprint density at radius 3 is 2.64 bits per heavy atom. The molecule has 4 rings (SSSR count). The highest BCUT2D eigenvalue weighted by Crippen LogP contribution is 2.32. The van der Waals surface area contributed by atoms with Crippen LogP contribution in [0.25, 0.3) is 5.82 Å². The molecule has 2 aromatic heterocycles. The van der Waals surface area contributed by atoms with Crippen molar-refractivity contribution >= 4 is 5.91 Å². The first-order valence-electron chi connectivity index (χ1n) is 10.9. The SMILES string of the molecule is COc1ccc(C(CNC(=O)c2cnn(-c3ccccn3)c2C)N2CCOCC2)cc1OC. The molecule has 1 saturated heterocycles. The Morgan fingerprint density at radius 1 is 1.15 bits per heavy atom. The molecule has 0 saturated carbocycles. The molecular formula is C24H29N5O4. The summed E-state index contributed by atoms with van der Waals surface area (Å²) in [7, 11) is 3.24. The van der Waals surface area contributed by atoms with E-state index >= 15 is 0 Å².